The van der Waals surface area contributed by atoms with E-state index in [2.05, 4.69) is 0 Å². The van der Waals surface area contributed by atoms with Gasteiger partial charge in [0.25, 0.3) is 5.91 Å². The minimum atomic E-state index is -0.968. The second kappa shape index (κ2) is 7.11. The van der Waals surface area contributed by atoms with Crippen molar-refractivity contribution in [2.24, 2.45) is 11.3 Å². The molecule has 150 valence electrons. The van der Waals surface area contributed by atoms with Crippen molar-refractivity contribution in [2.75, 3.05) is 26.7 Å². The molecule has 1 aliphatic carbocycles. The molecule has 1 N–H and O–H groups in total. The summed E-state index contributed by atoms with van der Waals surface area (Å²) >= 11 is 0. The third-order valence-corrected chi connectivity index (χ3v) is 6.43. The predicted molar refractivity (Wildman–Crippen MR) is 101 cm³/mol. The molecular weight excluding hydrogens is 360 g/mol. The fraction of sp³-hybridized carbons (Fsp3) is 0.571. The summed E-state index contributed by atoms with van der Waals surface area (Å²) in [6.45, 7) is 1.73. The van der Waals surface area contributed by atoms with Gasteiger partial charge in [0, 0.05) is 31.1 Å². The van der Waals surface area contributed by atoms with Crippen LogP contribution in [0.15, 0.2) is 24.3 Å². The molecule has 3 fully saturated rings. The van der Waals surface area contributed by atoms with Gasteiger partial charge in [-0.1, -0.05) is 6.07 Å². The van der Waals surface area contributed by atoms with Crippen molar-refractivity contribution in [3.05, 3.63) is 29.8 Å². The van der Waals surface area contributed by atoms with E-state index in [0.717, 1.165) is 25.7 Å². The van der Waals surface area contributed by atoms with Crippen molar-refractivity contribution in [3.63, 3.8) is 0 Å². The molecule has 1 aromatic rings. The third-order valence-electron chi connectivity index (χ3n) is 6.43. The van der Waals surface area contributed by atoms with Crippen LogP contribution in [0, 0.1) is 11.3 Å². The van der Waals surface area contributed by atoms with E-state index in [0.29, 0.717) is 37.4 Å². The molecule has 28 heavy (non-hydrogen) atoms. The summed E-state index contributed by atoms with van der Waals surface area (Å²) in [5.41, 5.74) is 0.210. The summed E-state index contributed by atoms with van der Waals surface area (Å²) < 4.78 is 5.19. The summed E-state index contributed by atoms with van der Waals surface area (Å²) in [5, 5.41) is 9.73. The number of methoxy groups -OCH3 is 1. The average Bonchev–Trinajstić information content (AvgIpc) is 3.50. The van der Waals surface area contributed by atoms with Crippen LogP contribution in [0.5, 0.6) is 5.75 Å². The number of rotatable bonds is 4. The summed E-state index contributed by atoms with van der Waals surface area (Å²) in [4.78, 5) is 40.7. The van der Waals surface area contributed by atoms with Crippen molar-refractivity contribution in [3.8, 4) is 5.75 Å². The minimum absolute atomic E-state index is 0.204. The Morgan fingerprint density at radius 3 is 2.50 bits per heavy atom. The Morgan fingerprint density at radius 1 is 1.18 bits per heavy atom. The van der Waals surface area contributed by atoms with Crippen molar-refractivity contribution < 1.29 is 24.2 Å². The van der Waals surface area contributed by atoms with E-state index < -0.39 is 12.0 Å². The number of aliphatic carboxylic acids is 1. The fourth-order valence-electron chi connectivity index (χ4n) is 4.56. The molecule has 0 aromatic heterocycles. The Labute approximate surface area is 164 Å². The van der Waals surface area contributed by atoms with E-state index in [1.54, 1.807) is 24.3 Å². The number of nitrogens with zero attached hydrogens (tertiary/aromatic N) is 2. The van der Waals surface area contributed by atoms with Crippen molar-refractivity contribution >= 4 is 17.8 Å². The Balaban J connectivity index is 1.49. The second-order valence-corrected chi connectivity index (χ2v) is 8.32. The number of carboxylic acid groups (broad SMARTS) is 1. The Morgan fingerprint density at radius 2 is 1.89 bits per heavy atom. The predicted octanol–water partition coefficient (Wildman–Crippen LogP) is 2.01. The quantitative estimate of drug-likeness (QED) is 0.855. The van der Waals surface area contributed by atoms with Crippen molar-refractivity contribution in [2.45, 2.75) is 38.1 Å². The number of ether oxygens (including phenoxy) is 1. The van der Waals surface area contributed by atoms with E-state index in [4.69, 9.17) is 4.74 Å². The molecule has 7 heteroatoms. The lowest BCUT2D eigenvalue weighted by Crippen LogP contribution is -2.45. The van der Waals surface area contributed by atoms with Gasteiger partial charge >= 0.3 is 5.97 Å². The number of benzene rings is 1. The standard InChI is InChI=1S/C21H26N2O5/c1-28-16-4-2-3-15(11-16)19(25)23-13-21(12-17(23)20(26)27)7-9-22(10-8-21)18(24)14-5-6-14/h2-4,11,14,17H,5-10,12-13H2,1H3,(H,26,27). The monoisotopic (exact) mass is 386 g/mol. The van der Waals surface area contributed by atoms with Crippen LogP contribution in [-0.4, -0.2) is 65.5 Å². The third kappa shape index (κ3) is 3.45. The van der Waals surface area contributed by atoms with Crippen LogP contribution in [0.2, 0.25) is 0 Å². The maximum atomic E-state index is 13.1. The van der Waals surface area contributed by atoms with Gasteiger partial charge in [0.15, 0.2) is 0 Å². The lowest BCUT2D eigenvalue weighted by atomic mass is 9.76. The van der Waals surface area contributed by atoms with Crippen molar-refractivity contribution in [1.29, 1.82) is 0 Å². The molecule has 7 nitrogen and oxygen atoms in total. The highest BCUT2D eigenvalue weighted by Gasteiger charge is 2.50. The first-order valence-corrected chi connectivity index (χ1v) is 9.89. The minimum Gasteiger partial charge on any atom is -0.497 e. The molecule has 2 amide bonds. The number of carbonyl (C=O) groups excluding carboxylic acids is 2. The van der Waals surface area contributed by atoms with Crippen LogP contribution in [0.4, 0.5) is 0 Å². The van der Waals surface area contributed by atoms with Gasteiger partial charge in [-0.3, -0.25) is 9.59 Å². The first-order chi connectivity index (χ1) is 13.4. The van der Waals surface area contributed by atoms with Gasteiger partial charge < -0.3 is 19.6 Å². The molecule has 1 saturated carbocycles. The molecule has 1 unspecified atom stereocenters. The first kappa shape index (κ1) is 18.8. The molecule has 2 aliphatic heterocycles. The summed E-state index contributed by atoms with van der Waals surface area (Å²) in [6, 6.07) is 5.98. The highest BCUT2D eigenvalue weighted by Crippen LogP contribution is 2.45. The number of hydrogen-bond acceptors (Lipinski definition) is 4. The maximum Gasteiger partial charge on any atom is 0.326 e. The smallest absolute Gasteiger partial charge is 0.326 e. The molecule has 3 aliphatic rings. The number of piperidine rings is 1. The number of likely N-dealkylation sites (tertiary alicyclic amines) is 2. The maximum absolute atomic E-state index is 13.1. The molecule has 0 radical (unpaired) electrons. The van der Waals surface area contributed by atoms with Gasteiger partial charge in [-0.25, -0.2) is 4.79 Å². The van der Waals surface area contributed by atoms with E-state index in [1.807, 2.05) is 4.90 Å². The molecule has 0 bridgehead atoms. The van der Waals surface area contributed by atoms with Gasteiger partial charge in [0.1, 0.15) is 11.8 Å². The van der Waals surface area contributed by atoms with Crippen LogP contribution < -0.4 is 4.74 Å². The first-order valence-electron chi connectivity index (χ1n) is 9.89. The Hall–Kier alpha value is -2.57. The zero-order chi connectivity index (χ0) is 19.9. The topological polar surface area (TPSA) is 87.2 Å². The fourth-order valence-corrected chi connectivity index (χ4v) is 4.56. The molecule has 4 rings (SSSR count). The van der Waals surface area contributed by atoms with Gasteiger partial charge in [-0.2, -0.15) is 0 Å². The van der Waals surface area contributed by atoms with Crippen LogP contribution in [-0.2, 0) is 9.59 Å². The zero-order valence-corrected chi connectivity index (χ0v) is 16.1. The van der Waals surface area contributed by atoms with Crippen LogP contribution >= 0.6 is 0 Å². The van der Waals surface area contributed by atoms with E-state index >= 15 is 0 Å². The second-order valence-electron chi connectivity index (χ2n) is 8.32. The average molecular weight is 386 g/mol. The lowest BCUT2D eigenvalue weighted by Gasteiger charge is -2.39. The molecular formula is C21H26N2O5. The van der Waals surface area contributed by atoms with Gasteiger partial charge in [0.2, 0.25) is 5.91 Å². The van der Waals surface area contributed by atoms with E-state index in [1.165, 1.54) is 12.0 Å². The largest absolute Gasteiger partial charge is 0.497 e. The van der Waals surface area contributed by atoms with E-state index in [-0.39, 0.29) is 23.1 Å². The van der Waals surface area contributed by atoms with Crippen LogP contribution in [0.25, 0.3) is 0 Å². The molecule has 1 spiro atoms. The highest BCUT2D eigenvalue weighted by molar-refractivity contribution is 5.97. The van der Waals surface area contributed by atoms with E-state index in [9.17, 15) is 19.5 Å². The molecule has 1 aromatic carbocycles. The summed E-state index contributed by atoms with van der Waals surface area (Å²) in [6.07, 6.45) is 3.92. The molecule has 2 saturated heterocycles. The summed E-state index contributed by atoms with van der Waals surface area (Å²) in [5.74, 6) is -0.231. The van der Waals surface area contributed by atoms with Gasteiger partial charge in [-0.15, -0.1) is 0 Å². The van der Waals surface area contributed by atoms with Gasteiger partial charge in [0.05, 0.1) is 7.11 Å². The SMILES string of the molecule is COc1cccc(C(=O)N2CC3(CCN(C(=O)C4CC4)CC3)CC2C(=O)O)c1. The van der Waals surface area contributed by atoms with Gasteiger partial charge in [-0.05, 0) is 55.7 Å². The highest BCUT2D eigenvalue weighted by atomic mass is 16.5. The number of hydrogen-bond donors (Lipinski definition) is 1. The molecule has 2 heterocycles. The lowest BCUT2D eigenvalue weighted by molar-refractivity contribution is -0.141. The Kier molecular flexibility index (Phi) is 4.77. The number of carbonyl (C=O) groups is 3. The number of carboxylic acids is 1. The molecule has 1 atom stereocenters. The van der Waals surface area contributed by atoms with Crippen molar-refractivity contribution in [1.82, 2.24) is 9.80 Å². The van der Waals surface area contributed by atoms with Crippen LogP contribution in [0.1, 0.15) is 42.5 Å². The summed E-state index contributed by atoms with van der Waals surface area (Å²) in [7, 11) is 1.53. The van der Waals surface area contributed by atoms with Crippen LogP contribution in [0.3, 0.4) is 0 Å². The Bertz CT molecular complexity index is 796. The zero-order valence-electron chi connectivity index (χ0n) is 16.1. The normalized spacial score (nSPS) is 23.7. The number of amides is 2.